The molecule has 0 bridgehead atoms. The molecule has 7 heteroatoms. The van der Waals surface area contributed by atoms with Crippen LogP contribution in [0.2, 0.25) is 0 Å². The first-order chi connectivity index (χ1) is 9.49. The summed E-state index contributed by atoms with van der Waals surface area (Å²) >= 11 is 0. The number of ether oxygens (including phenoxy) is 2. The minimum absolute atomic E-state index is 0.163. The second kappa shape index (κ2) is 7.25. The molecule has 7 nitrogen and oxygen atoms in total. The van der Waals surface area contributed by atoms with E-state index in [0.717, 1.165) is 10.6 Å². The fraction of sp³-hybridized carbons (Fsp3) is 0.308. The predicted octanol–water partition coefficient (Wildman–Crippen LogP) is 0.620. The number of hydrogen-bond acceptors (Lipinski definition) is 7. The van der Waals surface area contributed by atoms with E-state index in [2.05, 4.69) is 4.74 Å². The van der Waals surface area contributed by atoms with Gasteiger partial charge in [-0.1, -0.05) is 12.1 Å². The van der Waals surface area contributed by atoms with E-state index < -0.39 is 17.5 Å². The molecule has 5 N–H and O–H groups in total. The molecule has 0 heterocycles. The lowest BCUT2D eigenvalue weighted by Gasteiger charge is -2.18. The van der Waals surface area contributed by atoms with E-state index in [0.29, 0.717) is 5.75 Å². The number of carbonyl (C=O) groups excluding carboxylic acids is 1. The average Bonchev–Trinajstić information content (AvgIpc) is 2.46. The average molecular weight is 281 g/mol. The molecule has 0 aliphatic heterocycles. The molecule has 1 aromatic carbocycles. The summed E-state index contributed by atoms with van der Waals surface area (Å²) in [5.74, 6) is 5.03. The molecule has 0 aliphatic rings. The lowest BCUT2D eigenvalue weighted by atomic mass is 10.2. The van der Waals surface area contributed by atoms with Crippen molar-refractivity contribution in [3.8, 4) is 5.75 Å². The molecule has 1 aromatic rings. The quantitative estimate of drug-likeness (QED) is 0.230. The summed E-state index contributed by atoms with van der Waals surface area (Å²) in [6, 6.07) is 7.09. The maximum absolute atomic E-state index is 11.4. The van der Waals surface area contributed by atoms with Crippen molar-refractivity contribution in [2.75, 3.05) is 13.7 Å². The number of aliphatic hydroxyl groups is 1. The highest BCUT2D eigenvalue weighted by atomic mass is 16.5. The molecule has 0 unspecified atom stereocenters. The van der Waals surface area contributed by atoms with Gasteiger partial charge >= 0.3 is 5.97 Å². The Bertz CT molecular complexity index is 485. The highest BCUT2D eigenvalue weighted by Gasteiger charge is 2.16. The number of esters is 1. The van der Waals surface area contributed by atoms with Gasteiger partial charge in [-0.05, 0) is 24.6 Å². The summed E-state index contributed by atoms with van der Waals surface area (Å²) in [7, 11) is 1.57. The van der Waals surface area contributed by atoms with Crippen molar-refractivity contribution >= 4 is 5.97 Å². The lowest BCUT2D eigenvalue weighted by molar-refractivity contribution is -0.139. The van der Waals surface area contributed by atoms with Gasteiger partial charge in [-0.25, -0.2) is 10.6 Å². The molecule has 0 aromatic heterocycles. The van der Waals surface area contributed by atoms with Crippen LogP contribution in [0, 0.1) is 0 Å². The molecule has 0 saturated carbocycles. The van der Waals surface area contributed by atoms with Gasteiger partial charge in [-0.3, -0.25) is 5.01 Å². The van der Waals surface area contributed by atoms with Crippen LogP contribution in [0.5, 0.6) is 5.75 Å². The smallest absolute Gasteiger partial charge is 0.359 e. The molecule has 110 valence electrons. The van der Waals surface area contributed by atoms with Crippen molar-refractivity contribution in [1.82, 2.24) is 5.01 Å². The van der Waals surface area contributed by atoms with Crippen LogP contribution in [0.15, 0.2) is 35.8 Å². The van der Waals surface area contributed by atoms with E-state index in [1.54, 1.807) is 38.3 Å². The normalized spacial score (nSPS) is 11.6. The molecular weight excluding hydrogens is 262 g/mol. The van der Waals surface area contributed by atoms with Crippen molar-refractivity contribution in [1.29, 1.82) is 0 Å². The van der Waals surface area contributed by atoms with Crippen molar-refractivity contribution in [2.24, 2.45) is 11.6 Å². The van der Waals surface area contributed by atoms with Gasteiger partial charge in [0.1, 0.15) is 5.75 Å². The Morgan fingerprint density at radius 2 is 1.95 bits per heavy atom. The minimum Gasteiger partial charge on any atom is -0.497 e. The fourth-order valence-corrected chi connectivity index (χ4v) is 1.46. The van der Waals surface area contributed by atoms with Crippen LogP contribution in [-0.4, -0.2) is 29.8 Å². The first-order valence-electron chi connectivity index (χ1n) is 6.00. The van der Waals surface area contributed by atoms with Crippen molar-refractivity contribution < 1.29 is 19.4 Å². The third-order valence-electron chi connectivity index (χ3n) is 2.52. The number of benzene rings is 1. The Kier molecular flexibility index (Phi) is 5.67. The molecule has 1 rings (SSSR count). The Labute approximate surface area is 117 Å². The topological polar surface area (TPSA) is 111 Å². The molecule has 0 fully saturated rings. The Morgan fingerprint density at radius 3 is 2.45 bits per heavy atom. The van der Waals surface area contributed by atoms with Gasteiger partial charge in [-0.15, -0.1) is 0 Å². The molecular formula is C13H19N3O4. The SMILES string of the molecule is CCOC(=O)/C(N)=C(\O)N(N)Cc1ccc(OC)cc1. The van der Waals surface area contributed by atoms with Gasteiger partial charge in [0.05, 0.1) is 20.3 Å². The minimum atomic E-state index is -0.810. The van der Waals surface area contributed by atoms with Gasteiger partial charge in [0.25, 0.3) is 0 Å². The number of methoxy groups -OCH3 is 1. The summed E-state index contributed by atoms with van der Waals surface area (Å²) in [4.78, 5) is 11.4. The number of carbonyl (C=O) groups is 1. The first kappa shape index (κ1) is 15.6. The van der Waals surface area contributed by atoms with Crippen molar-refractivity contribution in [3.63, 3.8) is 0 Å². The van der Waals surface area contributed by atoms with Gasteiger partial charge in [-0.2, -0.15) is 0 Å². The standard InChI is InChI=1S/C13H19N3O4/c1-3-20-13(18)11(14)12(17)16(15)8-9-4-6-10(19-2)7-5-9/h4-7,17H,3,8,14-15H2,1-2H3/b12-11+. The summed E-state index contributed by atoms with van der Waals surface area (Å²) in [5.41, 5.74) is 5.85. The van der Waals surface area contributed by atoms with Gasteiger partial charge in [0, 0.05) is 0 Å². The zero-order valence-corrected chi connectivity index (χ0v) is 11.5. The number of rotatable bonds is 6. The van der Waals surface area contributed by atoms with Gasteiger partial charge < -0.3 is 20.3 Å². The van der Waals surface area contributed by atoms with E-state index in [9.17, 15) is 9.90 Å². The summed E-state index contributed by atoms with van der Waals surface area (Å²) in [6.07, 6.45) is 0. The highest BCUT2D eigenvalue weighted by molar-refractivity contribution is 5.87. The Hall–Kier alpha value is -2.41. The summed E-state index contributed by atoms with van der Waals surface area (Å²) in [6.45, 7) is 1.98. The molecule has 0 spiro atoms. The third kappa shape index (κ3) is 4.06. The Balaban J connectivity index is 2.75. The largest absolute Gasteiger partial charge is 0.497 e. The fourth-order valence-electron chi connectivity index (χ4n) is 1.46. The maximum atomic E-state index is 11.4. The number of nitrogens with zero attached hydrogens (tertiary/aromatic N) is 1. The monoisotopic (exact) mass is 281 g/mol. The van der Waals surface area contributed by atoms with Crippen LogP contribution >= 0.6 is 0 Å². The Morgan fingerprint density at radius 1 is 1.35 bits per heavy atom. The zero-order valence-electron chi connectivity index (χ0n) is 11.5. The van der Waals surface area contributed by atoms with E-state index >= 15 is 0 Å². The second-order valence-corrected chi connectivity index (χ2v) is 3.93. The van der Waals surface area contributed by atoms with E-state index in [1.807, 2.05) is 0 Å². The molecule has 0 amide bonds. The third-order valence-corrected chi connectivity index (χ3v) is 2.52. The predicted molar refractivity (Wildman–Crippen MR) is 73.2 cm³/mol. The van der Waals surface area contributed by atoms with Crippen molar-refractivity contribution in [2.45, 2.75) is 13.5 Å². The number of aliphatic hydroxyl groups excluding tert-OH is 1. The first-order valence-corrected chi connectivity index (χ1v) is 6.00. The zero-order chi connectivity index (χ0) is 15.1. The molecule has 0 saturated heterocycles. The van der Waals surface area contributed by atoms with Crippen LogP contribution < -0.4 is 16.3 Å². The summed E-state index contributed by atoms with van der Waals surface area (Å²) in [5, 5.41) is 10.7. The van der Waals surface area contributed by atoms with E-state index in [4.69, 9.17) is 16.3 Å². The number of nitrogens with two attached hydrogens (primary N) is 2. The van der Waals surface area contributed by atoms with Crippen LogP contribution in [0.3, 0.4) is 0 Å². The molecule has 20 heavy (non-hydrogen) atoms. The van der Waals surface area contributed by atoms with Gasteiger partial charge in [0.15, 0.2) is 5.70 Å². The molecule has 0 radical (unpaired) electrons. The number of hydrogen-bond donors (Lipinski definition) is 3. The van der Waals surface area contributed by atoms with Crippen LogP contribution in [0.4, 0.5) is 0 Å². The lowest BCUT2D eigenvalue weighted by Crippen LogP contribution is -2.33. The van der Waals surface area contributed by atoms with Crippen molar-refractivity contribution in [3.05, 3.63) is 41.4 Å². The molecule has 0 atom stereocenters. The van der Waals surface area contributed by atoms with Crippen LogP contribution in [-0.2, 0) is 16.1 Å². The highest BCUT2D eigenvalue weighted by Crippen LogP contribution is 2.13. The van der Waals surface area contributed by atoms with E-state index in [-0.39, 0.29) is 13.2 Å². The second-order valence-electron chi connectivity index (χ2n) is 3.93. The number of hydrazine groups is 1. The maximum Gasteiger partial charge on any atom is 0.359 e. The summed E-state index contributed by atoms with van der Waals surface area (Å²) < 4.78 is 9.71. The molecule has 0 aliphatic carbocycles. The van der Waals surface area contributed by atoms with E-state index in [1.165, 1.54) is 0 Å². The van der Waals surface area contributed by atoms with Gasteiger partial charge in [0.2, 0.25) is 5.88 Å². The van der Waals surface area contributed by atoms with Crippen LogP contribution in [0.25, 0.3) is 0 Å². The van der Waals surface area contributed by atoms with Crippen LogP contribution in [0.1, 0.15) is 12.5 Å².